The van der Waals surface area contributed by atoms with Crippen molar-refractivity contribution in [1.82, 2.24) is 5.32 Å². The predicted octanol–water partition coefficient (Wildman–Crippen LogP) is 3.28. The van der Waals surface area contributed by atoms with Crippen molar-refractivity contribution in [3.63, 3.8) is 0 Å². The maximum absolute atomic E-state index is 12.6. The molecule has 0 spiro atoms. The zero-order valence-corrected chi connectivity index (χ0v) is 14.8. The summed E-state index contributed by atoms with van der Waals surface area (Å²) in [5.74, 6) is 0.916. The van der Waals surface area contributed by atoms with E-state index in [0.29, 0.717) is 6.54 Å². The summed E-state index contributed by atoms with van der Waals surface area (Å²) in [4.78, 5) is 12.6. The smallest absolute Gasteiger partial charge is 0.240 e. The predicted molar refractivity (Wildman–Crippen MR) is 96.2 cm³/mol. The minimum atomic E-state index is -0.643. The summed E-state index contributed by atoms with van der Waals surface area (Å²) in [6.07, 6.45) is 9.72. The lowest BCUT2D eigenvalue weighted by molar-refractivity contribution is -0.126. The van der Waals surface area contributed by atoms with Crippen LogP contribution in [0.2, 0.25) is 0 Å². The Morgan fingerprint density at radius 2 is 1.62 bits per heavy atom. The number of hydrogen-bond acceptors (Lipinski definition) is 3. The van der Waals surface area contributed by atoms with Gasteiger partial charge >= 0.3 is 0 Å². The van der Waals surface area contributed by atoms with Gasteiger partial charge in [0.25, 0.3) is 0 Å². The standard InChI is InChI=1S/C20H30N2O2/c1-24-17-9-7-16(8-10-17)19(11-3-2-4-12-19)15-22-18(23)20(21)13-5-6-14-20/h7-10H,2-6,11-15,21H2,1H3,(H,22,23). The van der Waals surface area contributed by atoms with E-state index in [9.17, 15) is 4.79 Å². The van der Waals surface area contributed by atoms with Crippen LogP contribution in [0, 0.1) is 0 Å². The summed E-state index contributed by atoms with van der Waals surface area (Å²) in [5, 5.41) is 3.21. The molecule has 0 radical (unpaired) electrons. The first kappa shape index (κ1) is 17.3. The summed E-state index contributed by atoms with van der Waals surface area (Å²) in [7, 11) is 1.69. The largest absolute Gasteiger partial charge is 0.497 e. The lowest BCUT2D eigenvalue weighted by Crippen LogP contribution is -2.54. The SMILES string of the molecule is COc1ccc(C2(CNC(=O)C3(N)CCCC3)CCCCC2)cc1. The Morgan fingerprint density at radius 3 is 2.21 bits per heavy atom. The summed E-state index contributed by atoms with van der Waals surface area (Å²) in [5.41, 5.74) is 7.01. The van der Waals surface area contributed by atoms with Gasteiger partial charge in [-0.1, -0.05) is 44.2 Å². The Morgan fingerprint density at radius 1 is 1.04 bits per heavy atom. The Labute approximate surface area is 145 Å². The van der Waals surface area contributed by atoms with Crippen LogP contribution in [0.25, 0.3) is 0 Å². The molecule has 2 aliphatic rings. The topological polar surface area (TPSA) is 64.3 Å². The van der Waals surface area contributed by atoms with Gasteiger partial charge in [-0.3, -0.25) is 4.79 Å². The Balaban J connectivity index is 1.74. The van der Waals surface area contributed by atoms with E-state index < -0.39 is 5.54 Å². The van der Waals surface area contributed by atoms with E-state index in [1.165, 1.54) is 24.8 Å². The van der Waals surface area contributed by atoms with E-state index >= 15 is 0 Å². The summed E-state index contributed by atoms with van der Waals surface area (Å²) >= 11 is 0. The normalized spacial score (nSPS) is 22.1. The van der Waals surface area contributed by atoms with Gasteiger partial charge in [0, 0.05) is 12.0 Å². The quantitative estimate of drug-likeness (QED) is 0.871. The van der Waals surface area contributed by atoms with Gasteiger partial charge in [-0.05, 0) is 43.4 Å². The van der Waals surface area contributed by atoms with Crippen LogP contribution < -0.4 is 15.8 Å². The molecule has 1 aromatic carbocycles. The van der Waals surface area contributed by atoms with Crippen LogP contribution in [-0.2, 0) is 10.2 Å². The molecular formula is C20H30N2O2. The van der Waals surface area contributed by atoms with Crippen LogP contribution in [-0.4, -0.2) is 25.1 Å². The lowest BCUT2D eigenvalue weighted by atomic mass is 9.69. The fourth-order valence-corrected chi connectivity index (χ4v) is 4.40. The van der Waals surface area contributed by atoms with Crippen molar-refractivity contribution in [3.05, 3.63) is 29.8 Å². The molecule has 0 bridgehead atoms. The van der Waals surface area contributed by atoms with Crippen molar-refractivity contribution in [2.75, 3.05) is 13.7 Å². The van der Waals surface area contributed by atoms with E-state index in [2.05, 4.69) is 17.4 Å². The zero-order valence-electron chi connectivity index (χ0n) is 14.8. The average molecular weight is 330 g/mol. The molecule has 24 heavy (non-hydrogen) atoms. The monoisotopic (exact) mass is 330 g/mol. The second kappa shape index (κ2) is 7.14. The third-order valence-electron chi connectivity index (χ3n) is 6.05. The first-order valence-electron chi connectivity index (χ1n) is 9.30. The number of hydrogen-bond donors (Lipinski definition) is 2. The molecule has 3 rings (SSSR count). The number of carbonyl (C=O) groups excluding carboxylic acids is 1. The Bertz CT molecular complexity index is 556. The first-order valence-corrected chi connectivity index (χ1v) is 9.30. The molecule has 1 aromatic rings. The third-order valence-corrected chi connectivity index (χ3v) is 6.05. The fraction of sp³-hybridized carbons (Fsp3) is 0.650. The number of nitrogens with two attached hydrogens (primary N) is 1. The first-order chi connectivity index (χ1) is 11.6. The number of ether oxygens (including phenoxy) is 1. The number of nitrogens with one attached hydrogen (secondary N) is 1. The highest BCUT2D eigenvalue weighted by molar-refractivity contribution is 5.86. The molecule has 132 valence electrons. The number of rotatable bonds is 5. The van der Waals surface area contributed by atoms with Crippen LogP contribution >= 0.6 is 0 Å². The van der Waals surface area contributed by atoms with Gasteiger partial charge in [0.05, 0.1) is 12.6 Å². The van der Waals surface area contributed by atoms with Crippen LogP contribution in [0.3, 0.4) is 0 Å². The molecule has 2 saturated carbocycles. The van der Waals surface area contributed by atoms with Gasteiger partial charge < -0.3 is 15.8 Å². The second-order valence-corrected chi connectivity index (χ2v) is 7.62. The molecule has 1 amide bonds. The summed E-state index contributed by atoms with van der Waals surface area (Å²) in [6.45, 7) is 0.692. The maximum atomic E-state index is 12.6. The lowest BCUT2D eigenvalue weighted by Gasteiger charge is -2.39. The van der Waals surface area contributed by atoms with E-state index in [4.69, 9.17) is 10.5 Å². The molecule has 0 aliphatic heterocycles. The van der Waals surface area contributed by atoms with E-state index in [1.807, 2.05) is 12.1 Å². The van der Waals surface area contributed by atoms with Crippen molar-refractivity contribution in [1.29, 1.82) is 0 Å². The average Bonchev–Trinajstić information content (AvgIpc) is 3.08. The van der Waals surface area contributed by atoms with E-state index in [-0.39, 0.29) is 11.3 Å². The molecule has 0 atom stereocenters. The van der Waals surface area contributed by atoms with Gasteiger partial charge in [0.1, 0.15) is 5.75 Å². The van der Waals surface area contributed by atoms with Gasteiger partial charge in [0.15, 0.2) is 0 Å². The molecule has 2 fully saturated rings. The minimum absolute atomic E-state index is 0.0369. The third kappa shape index (κ3) is 3.44. The maximum Gasteiger partial charge on any atom is 0.240 e. The Hall–Kier alpha value is -1.55. The van der Waals surface area contributed by atoms with Crippen molar-refractivity contribution >= 4 is 5.91 Å². The van der Waals surface area contributed by atoms with Crippen molar-refractivity contribution < 1.29 is 9.53 Å². The number of benzene rings is 1. The van der Waals surface area contributed by atoms with E-state index in [0.717, 1.165) is 44.3 Å². The molecule has 2 aliphatic carbocycles. The molecule has 0 aromatic heterocycles. The molecular weight excluding hydrogens is 300 g/mol. The van der Waals surface area contributed by atoms with Gasteiger partial charge in [-0.25, -0.2) is 0 Å². The number of carbonyl (C=O) groups is 1. The van der Waals surface area contributed by atoms with Crippen molar-refractivity contribution in [2.45, 2.75) is 68.7 Å². The van der Waals surface area contributed by atoms with E-state index in [1.54, 1.807) is 7.11 Å². The van der Waals surface area contributed by atoms with Crippen LogP contribution in [0.1, 0.15) is 63.4 Å². The highest BCUT2D eigenvalue weighted by atomic mass is 16.5. The molecule has 0 unspecified atom stereocenters. The second-order valence-electron chi connectivity index (χ2n) is 7.62. The highest BCUT2D eigenvalue weighted by Gasteiger charge is 2.39. The van der Waals surface area contributed by atoms with Crippen LogP contribution in [0.4, 0.5) is 0 Å². The molecule has 0 heterocycles. The van der Waals surface area contributed by atoms with Gasteiger partial charge in [0.2, 0.25) is 5.91 Å². The summed E-state index contributed by atoms with van der Waals surface area (Å²) in [6, 6.07) is 8.36. The van der Waals surface area contributed by atoms with Gasteiger partial charge in [-0.15, -0.1) is 0 Å². The molecule has 4 nitrogen and oxygen atoms in total. The highest BCUT2D eigenvalue weighted by Crippen LogP contribution is 2.40. The van der Waals surface area contributed by atoms with Crippen molar-refractivity contribution in [2.24, 2.45) is 5.73 Å². The van der Waals surface area contributed by atoms with Crippen molar-refractivity contribution in [3.8, 4) is 5.75 Å². The fourth-order valence-electron chi connectivity index (χ4n) is 4.40. The number of methoxy groups -OCH3 is 1. The zero-order chi connectivity index (χ0) is 17.0. The van der Waals surface area contributed by atoms with Crippen LogP contribution in [0.15, 0.2) is 24.3 Å². The Kier molecular flexibility index (Phi) is 5.14. The van der Waals surface area contributed by atoms with Crippen LogP contribution in [0.5, 0.6) is 5.75 Å². The van der Waals surface area contributed by atoms with Gasteiger partial charge in [-0.2, -0.15) is 0 Å². The molecule has 4 heteroatoms. The number of amides is 1. The molecule has 3 N–H and O–H groups in total. The molecule has 0 saturated heterocycles. The summed E-state index contributed by atoms with van der Waals surface area (Å²) < 4.78 is 5.28. The minimum Gasteiger partial charge on any atom is -0.497 e.